The van der Waals surface area contributed by atoms with E-state index in [0.29, 0.717) is 24.0 Å². The van der Waals surface area contributed by atoms with Gasteiger partial charge in [0.2, 0.25) is 16.0 Å². The van der Waals surface area contributed by atoms with Crippen molar-refractivity contribution in [1.29, 1.82) is 0 Å². The highest BCUT2D eigenvalue weighted by Crippen LogP contribution is 2.22. The van der Waals surface area contributed by atoms with Gasteiger partial charge in [0.25, 0.3) is 0 Å². The van der Waals surface area contributed by atoms with E-state index in [9.17, 15) is 8.42 Å². The van der Waals surface area contributed by atoms with Crippen LogP contribution in [0.15, 0.2) is 42.9 Å². The molecule has 0 fully saturated rings. The number of aromatic nitrogens is 4. The van der Waals surface area contributed by atoms with E-state index < -0.39 is 10.0 Å². The summed E-state index contributed by atoms with van der Waals surface area (Å²) in [7, 11) is -1.60. The Morgan fingerprint density at radius 2 is 1.91 bits per heavy atom. The number of hydrogen-bond donors (Lipinski definition) is 3. The number of rotatable bonds is 8. The maximum atomic E-state index is 12.0. The largest absolute Gasteiger partial charge is 0.353 e. The van der Waals surface area contributed by atoms with Crippen molar-refractivity contribution in [2.45, 2.75) is 26.4 Å². The molecule has 4 rings (SSSR count). The summed E-state index contributed by atoms with van der Waals surface area (Å²) in [6.45, 7) is 3.76. The molecular weight excluding hydrogens is 464 g/mol. The van der Waals surface area contributed by atoms with Crippen molar-refractivity contribution in [2.75, 3.05) is 34.3 Å². The summed E-state index contributed by atoms with van der Waals surface area (Å²) in [5.41, 5.74) is 4.08. The molecule has 3 N–H and O–H groups in total. The van der Waals surface area contributed by atoms with Gasteiger partial charge in [-0.15, -0.1) is 12.4 Å². The minimum atomic E-state index is -3.45. The molecule has 12 heteroatoms. The smallest absolute Gasteiger partial charge is 0.233 e. The van der Waals surface area contributed by atoms with Crippen LogP contribution in [-0.4, -0.2) is 47.7 Å². The predicted molar refractivity (Wildman–Crippen MR) is 132 cm³/mol. The van der Waals surface area contributed by atoms with E-state index in [1.165, 1.54) is 23.5 Å². The lowest BCUT2D eigenvalue weighted by Crippen LogP contribution is -2.23. The number of benzene rings is 1. The van der Waals surface area contributed by atoms with Gasteiger partial charge in [-0.1, -0.05) is 6.07 Å². The third-order valence-electron chi connectivity index (χ3n) is 5.17. The zero-order valence-corrected chi connectivity index (χ0v) is 20.1. The molecule has 3 heterocycles. The first kappa shape index (κ1) is 24.6. The van der Waals surface area contributed by atoms with Crippen LogP contribution in [0, 0.1) is 0 Å². The van der Waals surface area contributed by atoms with E-state index in [2.05, 4.69) is 47.4 Å². The Bertz CT molecular complexity index is 1210. The summed E-state index contributed by atoms with van der Waals surface area (Å²) in [5.74, 6) is 1.32. The quantitative estimate of drug-likeness (QED) is 0.436. The average molecular weight is 491 g/mol. The zero-order chi connectivity index (χ0) is 22.6. The fourth-order valence-electron chi connectivity index (χ4n) is 3.40. The van der Waals surface area contributed by atoms with Crippen LogP contribution in [0.2, 0.25) is 0 Å². The molecule has 0 saturated heterocycles. The second-order valence-corrected chi connectivity index (χ2v) is 9.50. The van der Waals surface area contributed by atoms with Gasteiger partial charge in [0.05, 0.1) is 12.3 Å². The normalized spacial score (nSPS) is 12.9. The Morgan fingerprint density at radius 1 is 1.09 bits per heavy atom. The van der Waals surface area contributed by atoms with E-state index >= 15 is 0 Å². The molecule has 33 heavy (non-hydrogen) atoms. The monoisotopic (exact) mass is 490 g/mol. The number of hydrogen-bond acceptors (Lipinski definition) is 9. The summed E-state index contributed by atoms with van der Waals surface area (Å²) >= 11 is 0. The minimum absolute atomic E-state index is 0. The van der Waals surface area contributed by atoms with E-state index in [1.54, 1.807) is 19.2 Å². The number of anilines is 4. The van der Waals surface area contributed by atoms with Gasteiger partial charge in [-0.3, -0.25) is 9.71 Å². The molecular formula is C21H27ClN8O2S. The van der Waals surface area contributed by atoms with Crippen molar-refractivity contribution in [3.05, 3.63) is 59.7 Å². The zero-order valence-electron chi connectivity index (χ0n) is 18.4. The van der Waals surface area contributed by atoms with Gasteiger partial charge >= 0.3 is 0 Å². The predicted octanol–water partition coefficient (Wildman–Crippen LogP) is 2.48. The highest BCUT2D eigenvalue weighted by molar-refractivity contribution is 7.92. The molecule has 0 amide bonds. The van der Waals surface area contributed by atoms with Crippen LogP contribution in [0.25, 0.3) is 0 Å². The molecule has 2 aromatic heterocycles. The van der Waals surface area contributed by atoms with Crippen LogP contribution in [-0.2, 0) is 29.5 Å². The molecule has 0 bridgehead atoms. The van der Waals surface area contributed by atoms with E-state index in [4.69, 9.17) is 0 Å². The summed E-state index contributed by atoms with van der Waals surface area (Å²) in [6, 6.07) is 8.07. The molecule has 1 aliphatic heterocycles. The number of sulfonamides is 1. The Labute approximate surface area is 199 Å². The maximum Gasteiger partial charge on any atom is 0.233 e. The SMILES string of the molecule is CCS(=O)(=O)Nc1nccnc1CN(C)c1ccnc(Nc2ccc3c(c2)CCNC3)n1.Cl. The molecule has 176 valence electrons. The molecule has 0 atom stereocenters. The standard InChI is InChI=1S/C21H26N8O2S.ClH/c1-3-32(30,31)28-20-18(23-10-11-24-20)14-29(2)19-7-9-25-21(27-19)26-17-5-4-16-13-22-8-6-15(16)12-17;/h4-5,7,9-12,22H,3,6,8,13-14H2,1-2H3,(H,24,28)(H,25,26,27);1H. The first-order valence-electron chi connectivity index (χ1n) is 10.4. The fraction of sp³-hybridized carbons (Fsp3) is 0.333. The Morgan fingerprint density at radius 3 is 2.73 bits per heavy atom. The lowest BCUT2D eigenvalue weighted by molar-refractivity contribution is 0.602. The highest BCUT2D eigenvalue weighted by atomic mass is 35.5. The van der Waals surface area contributed by atoms with Crippen LogP contribution < -0.4 is 20.3 Å². The van der Waals surface area contributed by atoms with Crippen LogP contribution in [0.1, 0.15) is 23.7 Å². The van der Waals surface area contributed by atoms with Crippen molar-refractivity contribution < 1.29 is 8.42 Å². The number of nitrogens with zero attached hydrogens (tertiary/aromatic N) is 5. The van der Waals surface area contributed by atoms with Gasteiger partial charge in [-0.2, -0.15) is 4.98 Å². The van der Waals surface area contributed by atoms with Crippen LogP contribution >= 0.6 is 12.4 Å². The Balaban J connectivity index is 0.00000306. The molecule has 0 unspecified atom stereocenters. The van der Waals surface area contributed by atoms with Gasteiger partial charge in [0.1, 0.15) is 11.5 Å². The Kier molecular flexibility index (Phi) is 8.01. The van der Waals surface area contributed by atoms with Gasteiger partial charge in [-0.25, -0.2) is 18.4 Å². The van der Waals surface area contributed by atoms with Crippen LogP contribution in [0.4, 0.5) is 23.3 Å². The molecule has 3 aromatic rings. The van der Waals surface area contributed by atoms with Crippen LogP contribution in [0.3, 0.4) is 0 Å². The van der Waals surface area contributed by atoms with Crippen molar-refractivity contribution >= 4 is 45.7 Å². The molecule has 0 aliphatic carbocycles. The van der Waals surface area contributed by atoms with E-state index in [-0.39, 0.29) is 24.0 Å². The minimum Gasteiger partial charge on any atom is -0.353 e. The van der Waals surface area contributed by atoms with Gasteiger partial charge in [-0.05, 0) is 49.2 Å². The third-order valence-corrected chi connectivity index (χ3v) is 6.44. The first-order chi connectivity index (χ1) is 15.4. The molecule has 0 spiro atoms. The van der Waals surface area contributed by atoms with Crippen molar-refractivity contribution in [1.82, 2.24) is 25.3 Å². The van der Waals surface area contributed by atoms with Gasteiger partial charge in [0.15, 0.2) is 5.82 Å². The second-order valence-electron chi connectivity index (χ2n) is 7.49. The maximum absolute atomic E-state index is 12.0. The van der Waals surface area contributed by atoms with Crippen LogP contribution in [0.5, 0.6) is 0 Å². The molecule has 0 radical (unpaired) electrons. The van der Waals surface area contributed by atoms with Gasteiger partial charge < -0.3 is 15.5 Å². The van der Waals surface area contributed by atoms with Crippen molar-refractivity contribution in [3.63, 3.8) is 0 Å². The van der Waals surface area contributed by atoms with Gasteiger partial charge in [0, 0.05) is 37.9 Å². The molecule has 10 nitrogen and oxygen atoms in total. The first-order valence-corrected chi connectivity index (χ1v) is 12.0. The number of nitrogens with one attached hydrogen (secondary N) is 3. The lowest BCUT2D eigenvalue weighted by Gasteiger charge is -2.20. The molecule has 1 aliphatic rings. The molecule has 1 aromatic carbocycles. The summed E-state index contributed by atoms with van der Waals surface area (Å²) in [4.78, 5) is 19.2. The number of halogens is 1. The number of fused-ring (bicyclic) bond motifs is 1. The van der Waals surface area contributed by atoms with Crippen molar-refractivity contribution in [2.24, 2.45) is 0 Å². The fourth-order valence-corrected chi connectivity index (χ4v) is 4.01. The van der Waals surface area contributed by atoms with Crippen molar-refractivity contribution in [3.8, 4) is 0 Å². The summed E-state index contributed by atoms with van der Waals surface area (Å²) in [6.07, 6.45) is 5.67. The Hall–Kier alpha value is -3.02. The molecule has 0 saturated carbocycles. The second kappa shape index (κ2) is 10.7. The van der Waals surface area contributed by atoms with E-state index in [0.717, 1.165) is 25.2 Å². The topological polar surface area (TPSA) is 125 Å². The summed E-state index contributed by atoms with van der Waals surface area (Å²) < 4.78 is 26.4. The highest BCUT2D eigenvalue weighted by Gasteiger charge is 2.15. The third kappa shape index (κ3) is 6.28. The lowest BCUT2D eigenvalue weighted by atomic mass is 10.0. The van der Waals surface area contributed by atoms with E-state index in [1.807, 2.05) is 18.0 Å². The summed E-state index contributed by atoms with van der Waals surface area (Å²) in [5, 5.41) is 6.65. The average Bonchev–Trinajstić information content (AvgIpc) is 2.80.